The second-order valence-corrected chi connectivity index (χ2v) is 4.19. The first-order chi connectivity index (χ1) is 5.34. The summed E-state index contributed by atoms with van der Waals surface area (Å²) < 4.78 is 0.973. The molecule has 1 rings (SSSR count). The first-order valence-electron chi connectivity index (χ1n) is 4.06. The molecule has 2 heteroatoms. The molecule has 1 aromatic heterocycles. The van der Waals surface area contributed by atoms with Gasteiger partial charge in [0.1, 0.15) is 0 Å². The van der Waals surface area contributed by atoms with E-state index in [2.05, 4.69) is 18.4 Å². The summed E-state index contributed by atoms with van der Waals surface area (Å²) in [5.74, 6) is 0. The van der Waals surface area contributed by atoms with E-state index in [1.54, 1.807) is 11.3 Å². The maximum atomic E-state index is 5.94. The predicted octanol–water partition coefficient (Wildman–Crippen LogP) is 4.13. The van der Waals surface area contributed by atoms with Gasteiger partial charge in [0.05, 0.1) is 4.34 Å². The van der Waals surface area contributed by atoms with Crippen molar-refractivity contribution >= 4 is 22.9 Å². The van der Waals surface area contributed by atoms with Gasteiger partial charge in [0, 0.05) is 0 Å². The standard InChI is InChI=1S/C9H13ClS/c1-2-3-4-5-8-6-7-11-9(8)10/h6-7H,2-5H2,1H3. The van der Waals surface area contributed by atoms with Crippen molar-refractivity contribution in [2.75, 3.05) is 0 Å². The lowest BCUT2D eigenvalue weighted by molar-refractivity contribution is 0.718. The van der Waals surface area contributed by atoms with Crippen molar-refractivity contribution in [2.45, 2.75) is 32.6 Å². The van der Waals surface area contributed by atoms with E-state index in [0.29, 0.717) is 0 Å². The summed E-state index contributed by atoms with van der Waals surface area (Å²) in [5, 5.41) is 2.06. The Morgan fingerprint density at radius 1 is 1.45 bits per heavy atom. The summed E-state index contributed by atoms with van der Waals surface area (Å²) in [6, 6.07) is 2.13. The molecule has 0 unspecified atom stereocenters. The molecule has 0 saturated heterocycles. The molecule has 0 aliphatic heterocycles. The normalized spacial score (nSPS) is 10.4. The Hall–Kier alpha value is -0.0100. The van der Waals surface area contributed by atoms with Gasteiger partial charge in [-0.3, -0.25) is 0 Å². The number of unbranched alkanes of at least 4 members (excludes halogenated alkanes) is 2. The van der Waals surface area contributed by atoms with E-state index >= 15 is 0 Å². The van der Waals surface area contributed by atoms with E-state index in [9.17, 15) is 0 Å². The Labute approximate surface area is 77.2 Å². The molecule has 1 heterocycles. The zero-order chi connectivity index (χ0) is 8.10. The van der Waals surface area contributed by atoms with Gasteiger partial charge in [0.2, 0.25) is 0 Å². The van der Waals surface area contributed by atoms with Gasteiger partial charge in [0.15, 0.2) is 0 Å². The first kappa shape index (κ1) is 9.08. The van der Waals surface area contributed by atoms with Gasteiger partial charge in [-0.1, -0.05) is 31.4 Å². The molecule has 0 spiro atoms. The topological polar surface area (TPSA) is 0 Å². The molecule has 0 aliphatic carbocycles. The fourth-order valence-electron chi connectivity index (χ4n) is 1.06. The molecule has 0 radical (unpaired) electrons. The van der Waals surface area contributed by atoms with Crippen molar-refractivity contribution in [3.63, 3.8) is 0 Å². The molecule has 0 atom stereocenters. The van der Waals surface area contributed by atoms with Gasteiger partial charge in [-0.05, 0) is 29.9 Å². The van der Waals surface area contributed by atoms with Crippen LogP contribution in [0.3, 0.4) is 0 Å². The maximum Gasteiger partial charge on any atom is 0.0960 e. The molecule has 0 bridgehead atoms. The fraction of sp³-hybridized carbons (Fsp3) is 0.556. The lowest BCUT2D eigenvalue weighted by atomic mass is 10.1. The smallest absolute Gasteiger partial charge is 0.0960 e. The highest BCUT2D eigenvalue weighted by molar-refractivity contribution is 7.14. The summed E-state index contributed by atoms with van der Waals surface area (Å²) in [6.45, 7) is 2.22. The molecule has 0 N–H and O–H groups in total. The van der Waals surface area contributed by atoms with Crippen LogP contribution in [0.15, 0.2) is 11.4 Å². The van der Waals surface area contributed by atoms with Crippen LogP contribution in [0.1, 0.15) is 31.7 Å². The Balaban J connectivity index is 2.32. The highest BCUT2D eigenvalue weighted by Gasteiger charge is 1.99. The molecule has 1 aromatic rings. The Kier molecular flexibility index (Phi) is 3.95. The minimum Gasteiger partial charge on any atom is -0.132 e. The van der Waals surface area contributed by atoms with Crippen LogP contribution >= 0.6 is 22.9 Å². The van der Waals surface area contributed by atoms with Crippen molar-refractivity contribution in [3.8, 4) is 0 Å². The van der Waals surface area contributed by atoms with E-state index in [-0.39, 0.29) is 0 Å². The molecular weight excluding hydrogens is 176 g/mol. The number of rotatable bonds is 4. The van der Waals surface area contributed by atoms with Crippen LogP contribution < -0.4 is 0 Å². The van der Waals surface area contributed by atoms with Crippen LogP contribution in [0, 0.1) is 0 Å². The fourth-order valence-corrected chi connectivity index (χ4v) is 2.05. The number of aryl methyl sites for hydroxylation is 1. The monoisotopic (exact) mass is 188 g/mol. The summed E-state index contributed by atoms with van der Waals surface area (Å²) in [6.07, 6.45) is 5.01. The molecule has 0 amide bonds. The highest BCUT2D eigenvalue weighted by Crippen LogP contribution is 2.24. The zero-order valence-electron chi connectivity index (χ0n) is 6.77. The van der Waals surface area contributed by atoms with Gasteiger partial charge in [-0.15, -0.1) is 11.3 Å². The zero-order valence-corrected chi connectivity index (χ0v) is 8.34. The third-order valence-electron chi connectivity index (χ3n) is 1.74. The van der Waals surface area contributed by atoms with Gasteiger partial charge < -0.3 is 0 Å². The molecule has 0 nitrogen and oxygen atoms in total. The van der Waals surface area contributed by atoms with Crippen LogP contribution in [0.4, 0.5) is 0 Å². The number of hydrogen-bond acceptors (Lipinski definition) is 1. The van der Waals surface area contributed by atoms with Crippen molar-refractivity contribution in [1.82, 2.24) is 0 Å². The van der Waals surface area contributed by atoms with Crippen LogP contribution in [-0.2, 0) is 6.42 Å². The summed E-state index contributed by atoms with van der Waals surface area (Å²) in [7, 11) is 0. The number of thiophene rings is 1. The van der Waals surface area contributed by atoms with Crippen LogP contribution in [0.2, 0.25) is 4.34 Å². The van der Waals surface area contributed by atoms with Crippen LogP contribution in [-0.4, -0.2) is 0 Å². The van der Waals surface area contributed by atoms with E-state index in [4.69, 9.17) is 11.6 Å². The second-order valence-electron chi connectivity index (χ2n) is 2.68. The molecule has 11 heavy (non-hydrogen) atoms. The minimum absolute atomic E-state index is 0.973. The lowest BCUT2D eigenvalue weighted by Crippen LogP contribution is -1.81. The van der Waals surface area contributed by atoms with E-state index in [0.717, 1.165) is 10.8 Å². The lowest BCUT2D eigenvalue weighted by Gasteiger charge is -1.96. The second kappa shape index (κ2) is 4.78. The van der Waals surface area contributed by atoms with Gasteiger partial charge >= 0.3 is 0 Å². The average molecular weight is 189 g/mol. The Bertz CT molecular complexity index is 205. The van der Waals surface area contributed by atoms with Crippen LogP contribution in [0.5, 0.6) is 0 Å². The molecular formula is C9H13ClS. The third-order valence-corrected chi connectivity index (χ3v) is 2.99. The molecule has 0 fully saturated rings. The summed E-state index contributed by atoms with van der Waals surface area (Å²) >= 11 is 7.57. The average Bonchev–Trinajstić information content (AvgIpc) is 2.37. The largest absolute Gasteiger partial charge is 0.132 e. The van der Waals surface area contributed by atoms with Crippen molar-refractivity contribution in [2.24, 2.45) is 0 Å². The first-order valence-corrected chi connectivity index (χ1v) is 5.32. The molecule has 0 saturated carbocycles. The van der Waals surface area contributed by atoms with Crippen molar-refractivity contribution in [3.05, 3.63) is 21.3 Å². The third kappa shape index (κ3) is 2.84. The minimum atomic E-state index is 0.973. The maximum absolute atomic E-state index is 5.94. The number of hydrogen-bond donors (Lipinski definition) is 0. The van der Waals surface area contributed by atoms with Crippen molar-refractivity contribution < 1.29 is 0 Å². The molecule has 0 aliphatic rings. The number of halogens is 1. The van der Waals surface area contributed by atoms with E-state index in [1.165, 1.54) is 24.8 Å². The molecule has 0 aromatic carbocycles. The van der Waals surface area contributed by atoms with Gasteiger partial charge in [0.25, 0.3) is 0 Å². The van der Waals surface area contributed by atoms with Gasteiger partial charge in [-0.25, -0.2) is 0 Å². The van der Waals surface area contributed by atoms with E-state index < -0.39 is 0 Å². The summed E-state index contributed by atoms with van der Waals surface area (Å²) in [5.41, 5.74) is 1.32. The highest BCUT2D eigenvalue weighted by atomic mass is 35.5. The Morgan fingerprint density at radius 2 is 2.27 bits per heavy atom. The van der Waals surface area contributed by atoms with E-state index in [1.807, 2.05) is 0 Å². The summed E-state index contributed by atoms with van der Waals surface area (Å²) in [4.78, 5) is 0. The molecule has 62 valence electrons. The Morgan fingerprint density at radius 3 is 2.82 bits per heavy atom. The quantitative estimate of drug-likeness (QED) is 0.624. The predicted molar refractivity (Wildman–Crippen MR) is 52.6 cm³/mol. The van der Waals surface area contributed by atoms with Crippen LogP contribution in [0.25, 0.3) is 0 Å². The SMILES string of the molecule is CCCCCc1ccsc1Cl. The van der Waals surface area contributed by atoms with Gasteiger partial charge in [-0.2, -0.15) is 0 Å². The van der Waals surface area contributed by atoms with Crippen molar-refractivity contribution in [1.29, 1.82) is 0 Å².